The fraction of sp³-hybridized carbons (Fsp3) is 0.250. The number of ether oxygens (including phenoxy) is 2. The largest absolute Gasteiger partial charge is 0.479 e. The van der Waals surface area contributed by atoms with Crippen molar-refractivity contribution in [3.63, 3.8) is 0 Å². The molecule has 2 atom stereocenters. The molecule has 25 heavy (non-hydrogen) atoms. The quantitative estimate of drug-likeness (QED) is 0.673. The van der Waals surface area contributed by atoms with Gasteiger partial charge in [0.1, 0.15) is 11.9 Å². The zero-order valence-electron chi connectivity index (χ0n) is 14.1. The summed E-state index contributed by atoms with van der Waals surface area (Å²) in [6.45, 7) is 3.51. The molecule has 0 aliphatic heterocycles. The first kappa shape index (κ1) is 17.0. The van der Waals surface area contributed by atoms with E-state index in [1.54, 1.807) is 12.1 Å². The van der Waals surface area contributed by atoms with Crippen LogP contribution in [0, 0.1) is 0 Å². The van der Waals surface area contributed by atoms with Crippen LogP contribution in [0.25, 0.3) is 11.0 Å². The molecule has 0 amide bonds. The zero-order chi connectivity index (χ0) is 17.8. The summed E-state index contributed by atoms with van der Waals surface area (Å²) in [6.07, 6.45) is -0.331. The summed E-state index contributed by atoms with van der Waals surface area (Å²) in [5.41, 5.74) is 1.62. The molecular formula is C20H20O5. The van der Waals surface area contributed by atoms with Crippen LogP contribution in [0.1, 0.15) is 37.4 Å². The van der Waals surface area contributed by atoms with E-state index >= 15 is 0 Å². The van der Waals surface area contributed by atoms with Crippen molar-refractivity contribution in [1.29, 1.82) is 0 Å². The molecule has 130 valence electrons. The Bertz CT molecular complexity index is 853. The second-order valence-electron chi connectivity index (χ2n) is 5.84. The van der Waals surface area contributed by atoms with Gasteiger partial charge >= 0.3 is 5.97 Å². The number of carboxylic acid groups (broad SMARTS) is 1. The van der Waals surface area contributed by atoms with Crippen molar-refractivity contribution in [1.82, 2.24) is 0 Å². The fourth-order valence-corrected chi connectivity index (χ4v) is 2.69. The van der Waals surface area contributed by atoms with Gasteiger partial charge < -0.3 is 19.0 Å². The Morgan fingerprint density at radius 2 is 1.84 bits per heavy atom. The molecule has 1 N–H and O–H groups in total. The van der Waals surface area contributed by atoms with Gasteiger partial charge in [-0.25, -0.2) is 4.79 Å². The highest BCUT2D eigenvalue weighted by atomic mass is 16.5. The summed E-state index contributed by atoms with van der Waals surface area (Å²) < 4.78 is 17.2. The van der Waals surface area contributed by atoms with E-state index in [0.29, 0.717) is 17.1 Å². The molecule has 3 rings (SSSR count). The summed E-state index contributed by atoms with van der Waals surface area (Å²) >= 11 is 0. The lowest BCUT2D eigenvalue weighted by Gasteiger charge is -2.18. The van der Waals surface area contributed by atoms with Crippen LogP contribution in [0.3, 0.4) is 0 Å². The van der Waals surface area contributed by atoms with E-state index in [1.165, 1.54) is 0 Å². The lowest BCUT2D eigenvalue weighted by molar-refractivity contribution is -0.139. The number of para-hydroxylation sites is 1. The molecular weight excluding hydrogens is 320 g/mol. The van der Waals surface area contributed by atoms with Gasteiger partial charge in [-0.2, -0.15) is 0 Å². The van der Waals surface area contributed by atoms with Crippen LogP contribution in [0.15, 0.2) is 59.0 Å². The van der Waals surface area contributed by atoms with Gasteiger partial charge in [0, 0.05) is 5.39 Å². The highest BCUT2D eigenvalue weighted by Crippen LogP contribution is 2.34. The number of carbonyl (C=O) groups is 1. The molecule has 1 heterocycles. The molecule has 5 heteroatoms. The fourth-order valence-electron chi connectivity index (χ4n) is 2.69. The monoisotopic (exact) mass is 340 g/mol. The summed E-state index contributed by atoms with van der Waals surface area (Å²) in [6, 6.07) is 17.3. The van der Waals surface area contributed by atoms with Crippen LogP contribution in [-0.2, 0) is 9.53 Å². The summed E-state index contributed by atoms with van der Waals surface area (Å²) in [5, 5.41) is 9.62. The van der Waals surface area contributed by atoms with E-state index in [4.69, 9.17) is 19.0 Å². The van der Waals surface area contributed by atoms with Crippen LogP contribution < -0.4 is 4.74 Å². The minimum absolute atomic E-state index is 0.0767. The molecule has 2 unspecified atom stereocenters. The standard InChI is InChI=1S/C20H20O5/c1-13(15-7-4-3-5-8-15)24-14(2)18-11-16-9-6-10-17(20(16)25-18)23-12-19(21)22/h3-11,13-14H,12H2,1-2H3,(H,21,22). The smallest absolute Gasteiger partial charge is 0.341 e. The van der Waals surface area contributed by atoms with Crippen LogP contribution in [0.5, 0.6) is 5.75 Å². The average molecular weight is 340 g/mol. The second kappa shape index (κ2) is 7.40. The van der Waals surface area contributed by atoms with Crippen LogP contribution in [0.2, 0.25) is 0 Å². The lowest BCUT2D eigenvalue weighted by Crippen LogP contribution is -2.09. The summed E-state index contributed by atoms with van der Waals surface area (Å²) in [4.78, 5) is 10.7. The second-order valence-corrected chi connectivity index (χ2v) is 5.84. The Morgan fingerprint density at radius 1 is 1.08 bits per heavy atom. The van der Waals surface area contributed by atoms with E-state index in [-0.39, 0.29) is 12.2 Å². The van der Waals surface area contributed by atoms with Gasteiger partial charge in [0.2, 0.25) is 0 Å². The third-order valence-corrected chi connectivity index (χ3v) is 3.96. The van der Waals surface area contributed by atoms with E-state index < -0.39 is 12.6 Å². The molecule has 1 aromatic heterocycles. The number of fused-ring (bicyclic) bond motifs is 1. The first-order valence-corrected chi connectivity index (χ1v) is 8.12. The Kier molecular flexibility index (Phi) is 5.05. The van der Waals surface area contributed by atoms with Crippen molar-refractivity contribution in [2.24, 2.45) is 0 Å². The maximum Gasteiger partial charge on any atom is 0.341 e. The number of rotatable bonds is 7. The maximum atomic E-state index is 10.7. The molecule has 2 aromatic carbocycles. The topological polar surface area (TPSA) is 68.9 Å². The Hall–Kier alpha value is -2.79. The Morgan fingerprint density at radius 3 is 2.56 bits per heavy atom. The highest BCUT2D eigenvalue weighted by Gasteiger charge is 2.18. The predicted molar refractivity (Wildman–Crippen MR) is 93.7 cm³/mol. The van der Waals surface area contributed by atoms with Crippen molar-refractivity contribution in [2.75, 3.05) is 6.61 Å². The van der Waals surface area contributed by atoms with Crippen LogP contribution >= 0.6 is 0 Å². The first-order chi connectivity index (χ1) is 12.0. The van der Waals surface area contributed by atoms with E-state index in [2.05, 4.69) is 0 Å². The molecule has 0 bridgehead atoms. The van der Waals surface area contributed by atoms with Crippen molar-refractivity contribution in [3.05, 3.63) is 65.9 Å². The van der Waals surface area contributed by atoms with E-state index in [0.717, 1.165) is 10.9 Å². The number of furan rings is 1. The predicted octanol–water partition coefficient (Wildman–Crippen LogP) is 4.74. The first-order valence-electron chi connectivity index (χ1n) is 8.12. The number of hydrogen-bond donors (Lipinski definition) is 1. The average Bonchev–Trinajstić information content (AvgIpc) is 3.05. The molecule has 5 nitrogen and oxygen atoms in total. The molecule has 0 aliphatic rings. The van der Waals surface area contributed by atoms with Gasteiger partial charge in [-0.15, -0.1) is 0 Å². The van der Waals surface area contributed by atoms with Gasteiger partial charge in [0.25, 0.3) is 0 Å². The zero-order valence-corrected chi connectivity index (χ0v) is 14.1. The number of benzene rings is 2. The molecule has 3 aromatic rings. The molecule has 0 saturated heterocycles. The maximum absolute atomic E-state index is 10.7. The van der Waals surface area contributed by atoms with Crippen LogP contribution in [-0.4, -0.2) is 17.7 Å². The van der Waals surface area contributed by atoms with Crippen molar-refractivity contribution in [2.45, 2.75) is 26.1 Å². The lowest BCUT2D eigenvalue weighted by atomic mass is 10.1. The van der Waals surface area contributed by atoms with E-state index in [9.17, 15) is 4.79 Å². The van der Waals surface area contributed by atoms with Gasteiger partial charge in [-0.3, -0.25) is 0 Å². The third-order valence-electron chi connectivity index (χ3n) is 3.96. The Balaban J connectivity index is 1.79. The van der Waals surface area contributed by atoms with Crippen molar-refractivity contribution >= 4 is 16.9 Å². The number of hydrogen-bond acceptors (Lipinski definition) is 4. The van der Waals surface area contributed by atoms with Crippen molar-refractivity contribution < 1.29 is 23.8 Å². The SMILES string of the molecule is CC(OC(C)c1cc2cccc(OCC(=O)O)c2o1)c1ccccc1. The van der Waals surface area contributed by atoms with Gasteiger partial charge in [-0.05, 0) is 31.5 Å². The third kappa shape index (κ3) is 4.00. The minimum atomic E-state index is -1.03. The number of aliphatic carboxylic acids is 1. The highest BCUT2D eigenvalue weighted by molar-refractivity contribution is 5.84. The van der Waals surface area contributed by atoms with Gasteiger partial charge in [-0.1, -0.05) is 42.5 Å². The normalized spacial score (nSPS) is 13.5. The molecule has 0 fully saturated rings. The minimum Gasteiger partial charge on any atom is -0.479 e. The Labute approximate surface area is 145 Å². The van der Waals surface area contributed by atoms with Gasteiger partial charge in [0.15, 0.2) is 17.9 Å². The van der Waals surface area contributed by atoms with Crippen molar-refractivity contribution in [3.8, 4) is 5.75 Å². The molecule has 0 radical (unpaired) electrons. The molecule has 0 aliphatic carbocycles. The van der Waals surface area contributed by atoms with Gasteiger partial charge in [0.05, 0.1) is 6.10 Å². The summed E-state index contributed by atoms with van der Waals surface area (Å²) in [7, 11) is 0. The van der Waals surface area contributed by atoms with E-state index in [1.807, 2.05) is 56.3 Å². The number of carboxylic acids is 1. The molecule has 0 saturated carbocycles. The van der Waals surface area contributed by atoms with Crippen LogP contribution in [0.4, 0.5) is 0 Å². The summed E-state index contributed by atoms with van der Waals surface area (Å²) in [5.74, 6) is 0.0517. The molecule has 0 spiro atoms.